The van der Waals surface area contributed by atoms with E-state index in [1.165, 1.54) is 0 Å². The van der Waals surface area contributed by atoms with Gasteiger partial charge in [0.2, 0.25) is 0 Å². The molecule has 1 atom stereocenters. The van der Waals surface area contributed by atoms with Crippen LogP contribution in [0.1, 0.15) is 0 Å². The molecule has 5 heteroatoms. The van der Waals surface area contributed by atoms with Gasteiger partial charge in [-0.25, -0.2) is 4.79 Å². The van der Waals surface area contributed by atoms with Gasteiger partial charge in [-0.1, -0.05) is 18.2 Å². The van der Waals surface area contributed by atoms with Gasteiger partial charge >= 0.3 is 5.97 Å². The number of carbonyl (C=O) groups is 1. The molecule has 2 aromatic rings. The summed E-state index contributed by atoms with van der Waals surface area (Å²) in [6, 6.07) is 8.64. The average molecular weight is 248 g/mol. The van der Waals surface area contributed by atoms with Crippen molar-refractivity contribution in [3.05, 3.63) is 36.5 Å². The van der Waals surface area contributed by atoms with Crippen LogP contribution in [-0.4, -0.2) is 27.9 Å². The van der Waals surface area contributed by atoms with Crippen LogP contribution in [0.3, 0.4) is 0 Å². The highest BCUT2D eigenvalue weighted by atomic mass is 32.1. The number of nitrogens with zero attached hydrogens (tertiary/aromatic N) is 1. The molecule has 1 aromatic carbocycles. The second-order valence-corrected chi connectivity index (χ2v) is 3.96. The predicted molar refractivity (Wildman–Crippen MR) is 70.6 cm³/mol. The minimum Gasteiger partial charge on any atom is -0.480 e. The summed E-state index contributed by atoms with van der Waals surface area (Å²) < 4.78 is 0. The Bertz CT molecular complexity index is 540. The Labute approximate surface area is 104 Å². The van der Waals surface area contributed by atoms with Crippen LogP contribution >= 0.6 is 12.6 Å². The van der Waals surface area contributed by atoms with E-state index in [1.54, 1.807) is 12.3 Å². The van der Waals surface area contributed by atoms with Crippen LogP contribution in [-0.2, 0) is 4.79 Å². The van der Waals surface area contributed by atoms with Crippen molar-refractivity contribution in [1.82, 2.24) is 4.98 Å². The first-order valence-electron chi connectivity index (χ1n) is 5.16. The summed E-state index contributed by atoms with van der Waals surface area (Å²) in [5.74, 6) is -0.688. The van der Waals surface area contributed by atoms with E-state index in [9.17, 15) is 4.79 Å². The zero-order valence-electron chi connectivity index (χ0n) is 9.00. The lowest BCUT2D eigenvalue weighted by Gasteiger charge is -2.14. The Kier molecular flexibility index (Phi) is 3.49. The second kappa shape index (κ2) is 5.05. The summed E-state index contributed by atoms with van der Waals surface area (Å²) >= 11 is 4.02. The maximum atomic E-state index is 10.9. The Morgan fingerprint density at radius 2 is 2.18 bits per heavy atom. The van der Waals surface area contributed by atoms with E-state index < -0.39 is 12.0 Å². The van der Waals surface area contributed by atoms with Gasteiger partial charge < -0.3 is 10.4 Å². The molecule has 0 fully saturated rings. The lowest BCUT2D eigenvalue weighted by molar-refractivity contribution is -0.137. The molecule has 0 aliphatic rings. The zero-order chi connectivity index (χ0) is 12.3. The average Bonchev–Trinajstić information content (AvgIpc) is 2.35. The number of carboxylic acids is 1. The maximum Gasteiger partial charge on any atom is 0.326 e. The third-order valence-electron chi connectivity index (χ3n) is 2.46. The van der Waals surface area contributed by atoms with Crippen molar-refractivity contribution >= 4 is 35.2 Å². The highest BCUT2D eigenvalue weighted by molar-refractivity contribution is 7.80. The molecule has 0 aliphatic heterocycles. The lowest BCUT2D eigenvalue weighted by atomic mass is 10.1. The van der Waals surface area contributed by atoms with Gasteiger partial charge in [-0.15, -0.1) is 0 Å². The van der Waals surface area contributed by atoms with Crippen molar-refractivity contribution in [2.24, 2.45) is 0 Å². The number of thiol groups is 1. The third-order valence-corrected chi connectivity index (χ3v) is 2.82. The van der Waals surface area contributed by atoms with Gasteiger partial charge in [0, 0.05) is 23.0 Å². The Balaban J connectivity index is 2.38. The number of rotatable bonds is 4. The number of hydrogen-bond donors (Lipinski definition) is 3. The van der Waals surface area contributed by atoms with E-state index in [-0.39, 0.29) is 5.75 Å². The first-order chi connectivity index (χ1) is 8.22. The summed E-state index contributed by atoms with van der Waals surface area (Å²) in [5, 5.41) is 12.8. The molecule has 2 rings (SSSR count). The fourth-order valence-corrected chi connectivity index (χ4v) is 1.84. The van der Waals surface area contributed by atoms with E-state index in [1.807, 2.05) is 24.3 Å². The van der Waals surface area contributed by atoms with Crippen LogP contribution in [0.4, 0.5) is 5.69 Å². The quantitative estimate of drug-likeness (QED) is 0.724. The molecular formula is C12H12N2O2S. The smallest absolute Gasteiger partial charge is 0.326 e. The zero-order valence-corrected chi connectivity index (χ0v) is 9.89. The molecule has 0 radical (unpaired) electrons. The van der Waals surface area contributed by atoms with Crippen LogP contribution in [0.25, 0.3) is 10.9 Å². The third kappa shape index (κ3) is 2.50. The molecule has 4 nitrogen and oxygen atoms in total. The molecule has 0 aliphatic carbocycles. The van der Waals surface area contributed by atoms with E-state index in [0.29, 0.717) is 0 Å². The number of carboxylic acid groups (broad SMARTS) is 1. The van der Waals surface area contributed by atoms with Crippen LogP contribution < -0.4 is 5.32 Å². The number of hydrogen-bond acceptors (Lipinski definition) is 4. The highest BCUT2D eigenvalue weighted by Gasteiger charge is 2.15. The monoisotopic (exact) mass is 248 g/mol. The van der Waals surface area contributed by atoms with Crippen LogP contribution in [0.5, 0.6) is 0 Å². The second-order valence-electron chi connectivity index (χ2n) is 3.59. The Hall–Kier alpha value is -1.75. The molecule has 0 saturated carbocycles. The SMILES string of the molecule is O=C(O)[C@H](CS)Nc1ccnc2ccccc12. The largest absolute Gasteiger partial charge is 0.480 e. The van der Waals surface area contributed by atoms with Gasteiger partial charge in [0.1, 0.15) is 6.04 Å². The maximum absolute atomic E-state index is 10.9. The standard InChI is InChI=1S/C12H12N2O2S/c15-12(16)11(7-17)14-10-5-6-13-9-4-2-1-3-8(9)10/h1-6,11,17H,7H2,(H,13,14)(H,15,16)/t11-/m0/s1. The predicted octanol–water partition coefficient (Wildman–Crippen LogP) is 2.03. The molecular weight excluding hydrogens is 236 g/mol. The van der Waals surface area contributed by atoms with Crippen molar-refractivity contribution in [1.29, 1.82) is 0 Å². The number of aromatic nitrogens is 1. The highest BCUT2D eigenvalue weighted by Crippen LogP contribution is 2.21. The number of fused-ring (bicyclic) bond motifs is 1. The van der Waals surface area contributed by atoms with Crippen LogP contribution in [0.2, 0.25) is 0 Å². The van der Waals surface area contributed by atoms with Gasteiger partial charge in [-0.05, 0) is 12.1 Å². The number of pyridine rings is 1. The van der Waals surface area contributed by atoms with Crippen LogP contribution in [0, 0.1) is 0 Å². The Morgan fingerprint density at radius 1 is 1.41 bits per heavy atom. The van der Waals surface area contributed by atoms with Gasteiger partial charge in [0.05, 0.1) is 5.52 Å². The molecule has 1 heterocycles. The van der Waals surface area contributed by atoms with Gasteiger partial charge in [-0.3, -0.25) is 4.98 Å². The van der Waals surface area contributed by atoms with Crippen LogP contribution in [0.15, 0.2) is 36.5 Å². The summed E-state index contributed by atoms with van der Waals surface area (Å²) in [7, 11) is 0. The molecule has 0 bridgehead atoms. The number of para-hydroxylation sites is 1. The van der Waals surface area contributed by atoms with Gasteiger partial charge in [0.25, 0.3) is 0 Å². The fourth-order valence-electron chi connectivity index (χ4n) is 1.59. The first kappa shape index (κ1) is 11.7. The minimum atomic E-state index is -0.916. The van der Waals surface area contributed by atoms with Crippen molar-refractivity contribution in [2.75, 3.05) is 11.1 Å². The molecule has 1 aromatic heterocycles. The lowest BCUT2D eigenvalue weighted by Crippen LogP contribution is -2.30. The molecule has 0 spiro atoms. The topological polar surface area (TPSA) is 62.2 Å². The molecule has 17 heavy (non-hydrogen) atoms. The summed E-state index contributed by atoms with van der Waals surface area (Å²) in [4.78, 5) is 15.2. The normalized spacial score (nSPS) is 12.3. The van der Waals surface area contributed by atoms with Crippen molar-refractivity contribution in [3.8, 4) is 0 Å². The van der Waals surface area contributed by atoms with E-state index >= 15 is 0 Å². The summed E-state index contributed by atoms with van der Waals surface area (Å²) in [6.07, 6.45) is 1.65. The van der Waals surface area contributed by atoms with E-state index in [4.69, 9.17) is 5.11 Å². The molecule has 2 N–H and O–H groups in total. The van der Waals surface area contributed by atoms with Gasteiger partial charge in [0.15, 0.2) is 0 Å². The molecule has 0 amide bonds. The van der Waals surface area contributed by atoms with E-state index in [0.717, 1.165) is 16.6 Å². The van der Waals surface area contributed by atoms with Crippen molar-refractivity contribution in [2.45, 2.75) is 6.04 Å². The van der Waals surface area contributed by atoms with Crippen molar-refractivity contribution in [3.63, 3.8) is 0 Å². The van der Waals surface area contributed by atoms with Crippen molar-refractivity contribution < 1.29 is 9.90 Å². The Morgan fingerprint density at radius 3 is 2.88 bits per heavy atom. The molecule has 0 saturated heterocycles. The minimum absolute atomic E-state index is 0.228. The first-order valence-corrected chi connectivity index (χ1v) is 5.79. The fraction of sp³-hybridized carbons (Fsp3) is 0.167. The number of benzene rings is 1. The molecule has 88 valence electrons. The number of aliphatic carboxylic acids is 1. The summed E-state index contributed by atoms with van der Waals surface area (Å²) in [6.45, 7) is 0. The summed E-state index contributed by atoms with van der Waals surface area (Å²) in [5.41, 5.74) is 1.60. The van der Waals surface area contributed by atoms with E-state index in [2.05, 4.69) is 22.9 Å². The number of anilines is 1. The molecule has 0 unspecified atom stereocenters. The number of nitrogens with one attached hydrogen (secondary N) is 1. The van der Waals surface area contributed by atoms with Gasteiger partial charge in [-0.2, -0.15) is 12.6 Å².